The first-order valence-electron chi connectivity index (χ1n) is 32.7. The maximum atomic E-state index is 12.9. The third kappa shape index (κ3) is 63.0. The molecule has 0 aromatic rings. The minimum Gasteiger partial charge on any atom is -0.462 e. The number of allylic oxidation sites excluding steroid dienone is 16. The van der Waals surface area contributed by atoms with Crippen LogP contribution in [-0.4, -0.2) is 37.2 Å². The minimum atomic E-state index is -0.782. The van der Waals surface area contributed by atoms with Crippen molar-refractivity contribution in [3.8, 4) is 0 Å². The molecule has 77 heavy (non-hydrogen) atoms. The van der Waals surface area contributed by atoms with E-state index in [4.69, 9.17) is 14.2 Å². The Kier molecular flexibility index (Phi) is 61.8. The molecular weight excluding hydrogens is 949 g/mol. The van der Waals surface area contributed by atoms with Gasteiger partial charge in [-0.3, -0.25) is 14.4 Å². The number of rotatable bonds is 59. The lowest BCUT2D eigenvalue weighted by atomic mass is 10.1. The predicted octanol–water partition coefficient (Wildman–Crippen LogP) is 22.4. The second kappa shape index (κ2) is 64.9. The summed E-state index contributed by atoms with van der Waals surface area (Å²) in [5.74, 6) is -0.885. The summed E-state index contributed by atoms with van der Waals surface area (Å²) >= 11 is 0. The number of carbonyl (C=O) groups excluding carboxylic acids is 3. The lowest BCUT2D eigenvalue weighted by molar-refractivity contribution is -0.167. The van der Waals surface area contributed by atoms with Crippen molar-refractivity contribution in [2.45, 2.75) is 322 Å². The van der Waals surface area contributed by atoms with Crippen molar-refractivity contribution in [2.24, 2.45) is 0 Å². The van der Waals surface area contributed by atoms with Crippen LogP contribution in [0.1, 0.15) is 316 Å². The lowest BCUT2D eigenvalue weighted by Crippen LogP contribution is -2.30. The van der Waals surface area contributed by atoms with Crippen LogP contribution in [0.3, 0.4) is 0 Å². The Morgan fingerprint density at radius 2 is 0.506 bits per heavy atom. The van der Waals surface area contributed by atoms with Gasteiger partial charge in [0.1, 0.15) is 13.2 Å². The van der Waals surface area contributed by atoms with E-state index in [0.717, 1.165) is 109 Å². The molecule has 1 unspecified atom stereocenters. The molecule has 6 nitrogen and oxygen atoms in total. The molecule has 0 amide bonds. The fourth-order valence-corrected chi connectivity index (χ4v) is 9.18. The monoisotopic (exact) mass is 1070 g/mol. The molecule has 0 N–H and O–H groups in total. The molecule has 0 spiro atoms. The Bertz CT molecular complexity index is 1510. The van der Waals surface area contributed by atoms with Crippen LogP contribution in [0.4, 0.5) is 0 Å². The first-order valence-corrected chi connectivity index (χ1v) is 32.7. The molecule has 6 heteroatoms. The highest BCUT2D eigenvalue weighted by molar-refractivity contribution is 5.71. The summed E-state index contributed by atoms with van der Waals surface area (Å²) in [6, 6.07) is 0. The zero-order chi connectivity index (χ0) is 55.7. The molecular formula is C71H122O6. The van der Waals surface area contributed by atoms with Crippen LogP contribution in [0.2, 0.25) is 0 Å². The smallest absolute Gasteiger partial charge is 0.306 e. The first-order chi connectivity index (χ1) is 38.0. The summed E-state index contributed by atoms with van der Waals surface area (Å²) in [6.45, 7) is 6.52. The third-order valence-corrected chi connectivity index (χ3v) is 14.1. The Morgan fingerprint density at radius 1 is 0.273 bits per heavy atom. The Labute approximate surface area is 477 Å². The van der Waals surface area contributed by atoms with Crippen LogP contribution >= 0.6 is 0 Å². The van der Waals surface area contributed by atoms with Gasteiger partial charge < -0.3 is 14.2 Å². The summed E-state index contributed by atoms with van der Waals surface area (Å²) in [5.41, 5.74) is 0. The lowest BCUT2D eigenvalue weighted by Gasteiger charge is -2.18. The van der Waals surface area contributed by atoms with Gasteiger partial charge in [-0.25, -0.2) is 0 Å². The first kappa shape index (κ1) is 73.3. The van der Waals surface area contributed by atoms with Crippen molar-refractivity contribution >= 4 is 17.9 Å². The van der Waals surface area contributed by atoms with Crippen LogP contribution in [0.25, 0.3) is 0 Å². The highest BCUT2D eigenvalue weighted by atomic mass is 16.6. The summed E-state index contributed by atoms with van der Waals surface area (Å²) < 4.78 is 16.9. The van der Waals surface area contributed by atoms with Crippen molar-refractivity contribution in [3.05, 3.63) is 97.2 Å². The zero-order valence-electron chi connectivity index (χ0n) is 50.7. The van der Waals surface area contributed by atoms with Crippen LogP contribution in [0.5, 0.6) is 0 Å². The number of ether oxygens (including phenoxy) is 3. The number of hydrogen-bond donors (Lipinski definition) is 0. The van der Waals surface area contributed by atoms with E-state index < -0.39 is 6.10 Å². The molecule has 0 bridgehead atoms. The highest BCUT2D eigenvalue weighted by Gasteiger charge is 2.19. The van der Waals surface area contributed by atoms with E-state index in [-0.39, 0.29) is 31.1 Å². The molecule has 442 valence electrons. The SMILES string of the molecule is CC/C=C\C/C=C\C/C=C\C/C=C\C/C=C\C/C=C\C/C=C\CCCCCCCCCC(=O)OCC(COC(=O)CCCCCCCCCCC)OC(=O)CCCCCCCCCCC/C=C\CCCCCCCCCC. The summed E-state index contributed by atoms with van der Waals surface area (Å²) in [4.78, 5) is 38.2. The van der Waals surface area contributed by atoms with Crippen molar-refractivity contribution in [1.29, 1.82) is 0 Å². The molecule has 0 rings (SSSR count). The molecule has 0 aliphatic heterocycles. The Morgan fingerprint density at radius 3 is 0.805 bits per heavy atom. The molecule has 0 aliphatic rings. The molecule has 0 radical (unpaired) electrons. The van der Waals surface area contributed by atoms with Gasteiger partial charge >= 0.3 is 17.9 Å². The summed E-state index contributed by atoms with van der Waals surface area (Å²) in [5, 5.41) is 0. The van der Waals surface area contributed by atoms with Gasteiger partial charge in [0.2, 0.25) is 0 Å². The van der Waals surface area contributed by atoms with Crippen molar-refractivity contribution in [2.75, 3.05) is 13.2 Å². The van der Waals surface area contributed by atoms with Crippen LogP contribution in [0.15, 0.2) is 97.2 Å². The second-order valence-electron chi connectivity index (χ2n) is 21.6. The number of esters is 3. The number of hydrogen-bond acceptors (Lipinski definition) is 6. The molecule has 0 saturated heterocycles. The standard InChI is InChI=1S/C71H122O6/c1-4-7-10-13-16-19-21-23-25-27-29-31-32-33-34-35-36-37-38-40-41-43-45-47-49-52-55-58-61-64-70(73)76-67-68(66-75-69(72)63-60-57-54-51-18-15-12-9-6-3)77-71(74)65-62-59-56-53-50-48-46-44-42-39-30-28-26-24-22-20-17-14-11-8-5-2/h7,10,16,19,23,25,28-31,33-34,36-37,40-41,68H,4-6,8-9,11-15,17-18,20-22,24,26-27,32,35,38-39,42-67H2,1-3H3/b10-7-,19-16-,25-23-,30-28-,31-29-,34-33-,37-36-,41-40-. The summed E-state index contributed by atoms with van der Waals surface area (Å²) in [7, 11) is 0. The Hall–Kier alpha value is -3.67. The molecule has 0 fully saturated rings. The topological polar surface area (TPSA) is 78.9 Å². The van der Waals surface area contributed by atoms with Crippen LogP contribution < -0.4 is 0 Å². The van der Waals surface area contributed by atoms with Crippen LogP contribution in [0, 0.1) is 0 Å². The summed E-state index contributed by atoms with van der Waals surface area (Å²) in [6.07, 6.45) is 87.1. The zero-order valence-corrected chi connectivity index (χ0v) is 50.7. The maximum Gasteiger partial charge on any atom is 0.306 e. The average Bonchev–Trinajstić information content (AvgIpc) is 3.43. The normalized spacial score (nSPS) is 12.7. The molecule has 0 aromatic heterocycles. The van der Waals surface area contributed by atoms with E-state index in [2.05, 4.69) is 118 Å². The van der Waals surface area contributed by atoms with Gasteiger partial charge in [0.05, 0.1) is 0 Å². The van der Waals surface area contributed by atoms with E-state index >= 15 is 0 Å². The maximum absolute atomic E-state index is 12.9. The molecule has 0 heterocycles. The van der Waals surface area contributed by atoms with E-state index in [9.17, 15) is 14.4 Å². The van der Waals surface area contributed by atoms with Crippen molar-refractivity contribution < 1.29 is 28.6 Å². The fraction of sp³-hybridized carbons (Fsp3) is 0.732. The van der Waals surface area contributed by atoms with Gasteiger partial charge in [0, 0.05) is 19.3 Å². The van der Waals surface area contributed by atoms with E-state index in [0.29, 0.717) is 19.3 Å². The predicted molar refractivity (Wildman–Crippen MR) is 334 cm³/mol. The Balaban J connectivity index is 4.24. The largest absolute Gasteiger partial charge is 0.462 e. The number of unbranched alkanes of at least 4 members (excludes halogenated alkanes) is 32. The van der Waals surface area contributed by atoms with Gasteiger partial charge in [0.15, 0.2) is 6.10 Å². The van der Waals surface area contributed by atoms with Crippen molar-refractivity contribution in [3.63, 3.8) is 0 Å². The molecule has 0 aliphatic carbocycles. The van der Waals surface area contributed by atoms with Crippen molar-refractivity contribution in [1.82, 2.24) is 0 Å². The van der Waals surface area contributed by atoms with E-state index in [1.807, 2.05) is 0 Å². The average molecular weight is 1070 g/mol. The molecule has 0 aromatic carbocycles. The van der Waals surface area contributed by atoms with Gasteiger partial charge in [0.25, 0.3) is 0 Å². The molecule has 1 atom stereocenters. The quantitative estimate of drug-likeness (QED) is 0.0261. The van der Waals surface area contributed by atoms with Gasteiger partial charge in [-0.15, -0.1) is 0 Å². The highest BCUT2D eigenvalue weighted by Crippen LogP contribution is 2.16. The van der Waals surface area contributed by atoms with E-state index in [1.54, 1.807) is 0 Å². The molecule has 0 saturated carbocycles. The second-order valence-corrected chi connectivity index (χ2v) is 21.6. The number of carbonyl (C=O) groups is 3. The van der Waals surface area contributed by atoms with E-state index in [1.165, 1.54) is 167 Å². The van der Waals surface area contributed by atoms with Gasteiger partial charge in [-0.05, 0) is 103 Å². The van der Waals surface area contributed by atoms with Gasteiger partial charge in [-0.1, -0.05) is 291 Å². The van der Waals surface area contributed by atoms with Gasteiger partial charge in [-0.2, -0.15) is 0 Å². The fourth-order valence-electron chi connectivity index (χ4n) is 9.18. The van der Waals surface area contributed by atoms with Crippen LogP contribution in [-0.2, 0) is 28.6 Å². The minimum absolute atomic E-state index is 0.0792. The third-order valence-electron chi connectivity index (χ3n) is 14.1.